The zero-order valence-corrected chi connectivity index (χ0v) is 17.3. The smallest absolute Gasteiger partial charge is 0.191 e. The van der Waals surface area contributed by atoms with Crippen LogP contribution in [0, 0.1) is 0 Å². The van der Waals surface area contributed by atoms with Crippen LogP contribution in [0.2, 0.25) is 0 Å². The van der Waals surface area contributed by atoms with Gasteiger partial charge >= 0.3 is 0 Å². The molecule has 0 aliphatic carbocycles. The molecule has 1 heterocycles. The molecule has 1 fully saturated rings. The van der Waals surface area contributed by atoms with Crippen LogP contribution >= 0.6 is 0 Å². The fraction of sp³-hybridized carbons (Fsp3) is 0.667. The first kappa shape index (κ1) is 21.7. The first-order chi connectivity index (χ1) is 13.2. The molecule has 1 saturated heterocycles. The lowest BCUT2D eigenvalue weighted by atomic mass is 10.1. The summed E-state index contributed by atoms with van der Waals surface area (Å²) in [6, 6.07) is 10.4. The molecule has 0 bridgehead atoms. The molecule has 1 unspecified atom stereocenters. The molecule has 2 rings (SSSR count). The van der Waals surface area contributed by atoms with Gasteiger partial charge in [0.25, 0.3) is 0 Å². The first-order valence-corrected chi connectivity index (χ1v) is 10.3. The highest BCUT2D eigenvalue weighted by Gasteiger charge is 2.14. The number of guanidine groups is 1. The van der Waals surface area contributed by atoms with Crippen LogP contribution in [0.4, 0.5) is 0 Å². The topological polar surface area (TPSA) is 52.1 Å². The lowest BCUT2D eigenvalue weighted by Crippen LogP contribution is -2.49. The zero-order chi connectivity index (χ0) is 19.3. The van der Waals surface area contributed by atoms with Gasteiger partial charge in [0.1, 0.15) is 0 Å². The summed E-state index contributed by atoms with van der Waals surface area (Å²) in [5.41, 5.74) is 1.22. The van der Waals surface area contributed by atoms with Gasteiger partial charge in [0.15, 0.2) is 5.96 Å². The van der Waals surface area contributed by atoms with Gasteiger partial charge in [-0.1, -0.05) is 37.3 Å². The average Bonchev–Trinajstić information content (AvgIpc) is 2.73. The van der Waals surface area contributed by atoms with Crippen molar-refractivity contribution in [1.29, 1.82) is 0 Å². The van der Waals surface area contributed by atoms with Crippen molar-refractivity contribution in [2.45, 2.75) is 26.4 Å². The van der Waals surface area contributed by atoms with Crippen LogP contribution in [-0.4, -0.2) is 81.8 Å². The summed E-state index contributed by atoms with van der Waals surface area (Å²) in [5, 5.41) is 6.78. The van der Waals surface area contributed by atoms with Crippen LogP contribution in [0.1, 0.15) is 31.9 Å². The predicted molar refractivity (Wildman–Crippen MR) is 113 cm³/mol. The standard InChI is InChI=1S/C21H37N5O/c1-4-25-14-16-26(17-15-25)13-12-24-21(22-3)23-11-8-18-27-19(2)20-9-6-5-7-10-20/h5-7,9-10,19H,4,8,11-18H2,1-3H3,(H2,22,23,24). The van der Waals surface area contributed by atoms with Crippen LogP contribution in [0.3, 0.4) is 0 Å². The van der Waals surface area contributed by atoms with Gasteiger partial charge in [0.05, 0.1) is 6.10 Å². The van der Waals surface area contributed by atoms with Gasteiger partial charge in [-0.25, -0.2) is 0 Å². The molecule has 1 aromatic carbocycles. The molecular weight excluding hydrogens is 338 g/mol. The molecule has 6 nitrogen and oxygen atoms in total. The molecule has 1 atom stereocenters. The third-order valence-electron chi connectivity index (χ3n) is 5.11. The lowest BCUT2D eigenvalue weighted by Gasteiger charge is -2.34. The quantitative estimate of drug-likeness (QED) is 0.372. The molecule has 152 valence electrons. The van der Waals surface area contributed by atoms with E-state index in [0.717, 1.165) is 45.2 Å². The van der Waals surface area contributed by atoms with Gasteiger partial charge in [-0.2, -0.15) is 0 Å². The minimum atomic E-state index is 0.136. The van der Waals surface area contributed by atoms with E-state index in [2.05, 4.69) is 63.5 Å². The number of hydrogen-bond donors (Lipinski definition) is 2. The Labute approximate surface area is 165 Å². The monoisotopic (exact) mass is 375 g/mol. The number of hydrogen-bond acceptors (Lipinski definition) is 4. The molecule has 0 spiro atoms. The number of rotatable bonds is 10. The Morgan fingerprint density at radius 2 is 1.74 bits per heavy atom. The molecule has 27 heavy (non-hydrogen) atoms. The molecule has 0 amide bonds. The summed E-state index contributed by atoms with van der Waals surface area (Å²) >= 11 is 0. The molecule has 1 aromatic rings. The van der Waals surface area contributed by atoms with E-state index in [1.54, 1.807) is 0 Å². The lowest BCUT2D eigenvalue weighted by molar-refractivity contribution is 0.0646. The Morgan fingerprint density at radius 1 is 1.07 bits per heavy atom. The van der Waals surface area contributed by atoms with Crippen molar-refractivity contribution in [3.63, 3.8) is 0 Å². The van der Waals surface area contributed by atoms with E-state index in [1.807, 2.05) is 13.1 Å². The second-order valence-corrected chi connectivity index (χ2v) is 6.98. The molecule has 1 aliphatic rings. The van der Waals surface area contributed by atoms with E-state index in [1.165, 1.54) is 31.7 Å². The predicted octanol–water partition coefficient (Wildman–Crippen LogP) is 1.96. The van der Waals surface area contributed by atoms with Crippen molar-refractivity contribution in [2.24, 2.45) is 4.99 Å². The number of ether oxygens (including phenoxy) is 1. The molecule has 0 radical (unpaired) electrons. The SMILES string of the molecule is CCN1CCN(CCNC(=NC)NCCCOC(C)c2ccccc2)CC1. The third-order valence-corrected chi connectivity index (χ3v) is 5.11. The van der Waals surface area contributed by atoms with Crippen LogP contribution in [0.15, 0.2) is 35.3 Å². The number of likely N-dealkylation sites (N-methyl/N-ethyl adjacent to an activating group) is 1. The second-order valence-electron chi connectivity index (χ2n) is 6.98. The largest absolute Gasteiger partial charge is 0.374 e. The fourth-order valence-corrected chi connectivity index (χ4v) is 3.24. The van der Waals surface area contributed by atoms with Gasteiger partial charge in [-0.05, 0) is 25.5 Å². The van der Waals surface area contributed by atoms with Crippen molar-refractivity contribution >= 4 is 5.96 Å². The normalized spacial score (nSPS) is 17.7. The van der Waals surface area contributed by atoms with Gasteiger partial charge in [0, 0.05) is 59.5 Å². The van der Waals surface area contributed by atoms with E-state index in [4.69, 9.17) is 4.74 Å². The van der Waals surface area contributed by atoms with E-state index >= 15 is 0 Å². The number of nitrogens with zero attached hydrogens (tertiary/aromatic N) is 3. The summed E-state index contributed by atoms with van der Waals surface area (Å²) in [6.45, 7) is 13.8. The Kier molecular flexibility index (Phi) is 10.2. The summed E-state index contributed by atoms with van der Waals surface area (Å²) in [6.07, 6.45) is 1.09. The van der Waals surface area contributed by atoms with Gasteiger partial charge < -0.3 is 20.3 Å². The molecule has 1 aliphatic heterocycles. The zero-order valence-electron chi connectivity index (χ0n) is 17.3. The van der Waals surface area contributed by atoms with Crippen molar-refractivity contribution in [3.05, 3.63) is 35.9 Å². The Hall–Kier alpha value is -1.63. The van der Waals surface area contributed by atoms with Crippen LogP contribution in [0.5, 0.6) is 0 Å². The summed E-state index contributed by atoms with van der Waals surface area (Å²) < 4.78 is 5.91. The van der Waals surface area contributed by atoms with Crippen LogP contribution in [0.25, 0.3) is 0 Å². The number of aliphatic imine (C=N–C) groups is 1. The Morgan fingerprint density at radius 3 is 2.41 bits per heavy atom. The van der Waals surface area contributed by atoms with E-state index in [9.17, 15) is 0 Å². The Bertz CT molecular complexity index is 529. The molecule has 6 heteroatoms. The van der Waals surface area contributed by atoms with Crippen molar-refractivity contribution in [1.82, 2.24) is 20.4 Å². The first-order valence-electron chi connectivity index (χ1n) is 10.3. The highest BCUT2D eigenvalue weighted by atomic mass is 16.5. The van der Waals surface area contributed by atoms with E-state index < -0.39 is 0 Å². The van der Waals surface area contributed by atoms with Crippen molar-refractivity contribution < 1.29 is 4.74 Å². The summed E-state index contributed by atoms with van der Waals surface area (Å²) in [4.78, 5) is 9.33. The van der Waals surface area contributed by atoms with Crippen LogP contribution in [-0.2, 0) is 4.74 Å². The summed E-state index contributed by atoms with van der Waals surface area (Å²) in [7, 11) is 1.82. The third kappa shape index (κ3) is 8.28. The van der Waals surface area contributed by atoms with E-state index in [-0.39, 0.29) is 6.10 Å². The van der Waals surface area contributed by atoms with Gasteiger partial charge in [-0.15, -0.1) is 0 Å². The highest BCUT2D eigenvalue weighted by molar-refractivity contribution is 5.79. The number of benzene rings is 1. The van der Waals surface area contributed by atoms with E-state index in [0.29, 0.717) is 0 Å². The molecule has 2 N–H and O–H groups in total. The van der Waals surface area contributed by atoms with Crippen molar-refractivity contribution in [3.8, 4) is 0 Å². The maximum atomic E-state index is 5.91. The average molecular weight is 376 g/mol. The highest BCUT2D eigenvalue weighted by Crippen LogP contribution is 2.15. The van der Waals surface area contributed by atoms with Crippen LogP contribution < -0.4 is 10.6 Å². The number of nitrogens with one attached hydrogen (secondary N) is 2. The van der Waals surface area contributed by atoms with Crippen molar-refractivity contribution in [2.75, 3.05) is 66.0 Å². The minimum Gasteiger partial charge on any atom is -0.374 e. The number of piperazine rings is 1. The molecular formula is C21H37N5O. The Balaban J connectivity index is 1.51. The summed E-state index contributed by atoms with van der Waals surface area (Å²) in [5.74, 6) is 0.873. The van der Waals surface area contributed by atoms with Gasteiger partial charge in [-0.3, -0.25) is 9.89 Å². The fourth-order valence-electron chi connectivity index (χ4n) is 3.24. The van der Waals surface area contributed by atoms with Gasteiger partial charge in [0.2, 0.25) is 0 Å². The minimum absolute atomic E-state index is 0.136. The maximum Gasteiger partial charge on any atom is 0.191 e. The maximum absolute atomic E-state index is 5.91. The molecule has 0 saturated carbocycles. The molecule has 0 aromatic heterocycles. The second kappa shape index (κ2) is 12.7.